The predicted molar refractivity (Wildman–Crippen MR) is 69.0 cm³/mol. The number of epoxide rings is 1. The number of hydrogen-bond donors (Lipinski definition) is 1. The highest BCUT2D eigenvalue weighted by atomic mass is 16.6. The van der Waals surface area contributed by atoms with Gasteiger partial charge in [-0.05, 0) is 25.5 Å². The number of carbonyl (C=O) groups excluding carboxylic acids is 1. The largest absolute Gasteiger partial charge is 0.459 e. The van der Waals surface area contributed by atoms with Crippen LogP contribution in [0.5, 0.6) is 0 Å². The molecule has 96 valence electrons. The molecule has 1 fully saturated rings. The Bertz CT molecular complexity index is 484. The molecule has 0 saturated carbocycles. The Balaban J connectivity index is 2.17. The number of anilines is 1. The van der Waals surface area contributed by atoms with Crippen LogP contribution in [0, 0.1) is 6.92 Å². The standard InChI is InChI=1S/C14H17NO3/c1-9(2)13(16)17-7-14(8-18-14)12-10(3)5-4-6-11(12)15/h4-6H,1,7-8,15H2,2-3H3. The van der Waals surface area contributed by atoms with Crippen molar-refractivity contribution in [1.29, 1.82) is 0 Å². The van der Waals surface area contributed by atoms with E-state index >= 15 is 0 Å². The lowest BCUT2D eigenvalue weighted by atomic mass is 9.94. The average molecular weight is 247 g/mol. The first kappa shape index (κ1) is 12.6. The van der Waals surface area contributed by atoms with Crippen molar-refractivity contribution in [3.8, 4) is 0 Å². The third-order valence-corrected chi connectivity index (χ3v) is 3.04. The summed E-state index contributed by atoms with van der Waals surface area (Å²) >= 11 is 0. The van der Waals surface area contributed by atoms with E-state index in [2.05, 4.69) is 6.58 Å². The fraction of sp³-hybridized carbons (Fsp3) is 0.357. The van der Waals surface area contributed by atoms with Crippen molar-refractivity contribution in [3.63, 3.8) is 0 Å². The molecule has 1 aliphatic heterocycles. The normalized spacial score (nSPS) is 21.4. The molecular weight excluding hydrogens is 230 g/mol. The third kappa shape index (κ3) is 2.24. The van der Waals surface area contributed by atoms with Gasteiger partial charge in [-0.25, -0.2) is 4.79 Å². The van der Waals surface area contributed by atoms with E-state index in [1.807, 2.05) is 25.1 Å². The highest BCUT2D eigenvalue weighted by Crippen LogP contribution is 2.43. The molecule has 0 amide bonds. The zero-order chi connectivity index (χ0) is 13.3. The van der Waals surface area contributed by atoms with E-state index in [-0.39, 0.29) is 6.61 Å². The number of carbonyl (C=O) groups is 1. The summed E-state index contributed by atoms with van der Waals surface area (Å²) in [4.78, 5) is 11.4. The minimum absolute atomic E-state index is 0.174. The lowest BCUT2D eigenvalue weighted by Crippen LogP contribution is -2.22. The van der Waals surface area contributed by atoms with Gasteiger partial charge in [0.05, 0.1) is 6.61 Å². The summed E-state index contributed by atoms with van der Waals surface area (Å²) in [5, 5.41) is 0. The average Bonchev–Trinajstić information content (AvgIpc) is 3.06. The van der Waals surface area contributed by atoms with Crippen molar-refractivity contribution in [3.05, 3.63) is 41.5 Å². The molecule has 18 heavy (non-hydrogen) atoms. The molecule has 4 nitrogen and oxygen atoms in total. The van der Waals surface area contributed by atoms with Gasteiger partial charge in [0, 0.05) is 16.8 Å². The summed E-state index contributed by atoms with van der Waals surface area (Å²) in [6, 6.07) is 5.69. The van der Waals surface area contributed by atoms with Gasteiger partial charge in [0.15, 0.2) is 5.60 Å². The van der Waals surface area contributed by atoms with Gasteiger partial charge in [-0.15, -0.1) is 0 Å². The number of aryl methyl sites for hydroxylation is 1. The van der Waals surface area contributed by atoms with Crippen LogP contribution in [0.4, 0.5) is 5.69 Å². The molecule has 1 unspecified atom stereocenters. The zero-order valence-corrected chi connectivity index (χ0v) is 10.7. The molecule has 0 aromatic heterocycles. The first-order valence-electron chi connectivity index (χ1n) is 5.78. The molecule has 1 heterocycles. The highest BCUT2D eigenvalue weighted by Gasteiger charge is 2.50. The van der Waals surface area contributed by atoms with Crippen molar-refractivity contribution >= 4 is 11.7 Å². The quantitative estimate of drug-likeness (QED) is 0.382. The van der Waals surface area contributed by atoms with Gasteiger partial charge in [-0.1, -0.05) is 18.7 Å². The molecule has 1 saturated heterocycles. The Labute approximate surface area is 106 Å². The van der Waals surface area contributed by atoms with Gasteiger partial charge in [0.2, 0.25) is 0 Å². The fourth-order valence-electron chi connectivity index (χ4n) is 2.01. The minimum Gasteiger partial charge on any atom is -0.459 e. The number of rotatable bonds is 4. The van der Waals surface area contributed by atoms with Crippen molar-refractivity contribution in [2.45, 2.75) is 19.4 Å². The van der Waals surface area contributed by atoms with E-state index in [9.17, 15) is 4.79 Å². The van der Waals surface area contributed by atoms with Crippen LogP contribution in [-0.4, -0.2) is 19.2 Å². The second-order valence-electron chi connectivity index (χ2n) is 4.68. The van der Waals surface area contributed by atoms with Crippen LogP contribution < -0.4 is 5.73 Å². The summed E-state index contributed by atoms with van der Waals surface area (Å²) in [5.74, 6) is -0.406. The Morgan fingerprint density at radius 3 is 2.78 bits per heavy atom. The number of esters is 1. The maximum Gasteiger partial charge on any atom is 0.333 e. The van der Waals surface area contributed by atoms with Gasteiger partial charge in [-0.3, -0.25) is 0 Å². The van der Waals surface area contributed by atoms with Gasteiger partial charge in [-0.2, -0.15) is 0 Å². The van der Waals surface area contributed by atoms with Crippen molar-refractivity contribution < 1.29 is 14.3 Å². The van der Waals surface area contributed by atoms with Gasteiger partial charge < -0.3 is 15.2 Å². The number of nitrogens with two attached hydrogens (primary N) is 1. The van der Waals surface area contributed by atoms with E-state index in [0.717, 1.165) is 11.1 Å². The predicted octanol–water partition coefficient (Wildman–Crippen LogP) is 1.92. The molecule has 0 spiro atoms. The lowest BCUT2D eigenvalue weighted by Gasteiger charge is -2.17. The molecular formula is C14H17NO3. The molecule has 1 atom stereocenters. The molecule has 1 aromatic rings. The molecule has 1 aliphatic rings. The molecule has 0 bridgehead atoms. The van der Waals surface area contributed by atoms with Gasteiger partial charge in [0.1, 0.15) is 6.61 Å². The van der Waals surface area contributed by atoms with E-state index in [0.29, 0.717) is 17.9 Å². The van der Waals surface area contributed by atoms with Gasteiger partial charge in [0.25, 0.3) is 0 Å². The Kier molecular flexibility index (Phi) is 3.13. The fourth-order valence-corrected chi connectivity index (χ4v) is 2.01. The monoisotopic (exact) mass is 247 g/mol. The first-order chi connectivity index (χ1) is 8.46. The number of ether oxygens (including phenoxy) is 2. The summed E-state index contributed by atoms with van der Waals surface area (Å²) < 4.78 is 10.7. The van der Waals surface area contributed by atoms with E-state index in [1.54, 1.807) is 6.92 Å². The summed E-state index contributed by atoms with van der Waals surface area (Å²) in [7, 11) is 0. The molecule has 0 radical (unpaired) electrons. The Morgan fingerprint density at radius 2 is 2.28 bits per heavy atom. The number of nitrogen functional groups attached to an aromatic ring is 1. The molecule has 2 rings (SSSR count). The smallest absolute Gasteiger partial charge is 0.333 e. The first-order valence-corrected chi connectivity index (χ1v) is 5.78. The summed E-state index contributed by atoms with van der Waals surface area (Å²) in [5.41, 5.74) is 8.41. The van der Waals surface area contributed by atoms with Crippen molar-refractivity contribution in [2.24, 2.45) is 0 Å². The van der Waals surface area contributed by atoms with Gasteiger partial charge >= 0.3 is 5.97 Å². The van der Waals surface area contributed by atoms with Crippen molar-refractivity contribution in [2.75, 3.05) is 18.9 Å². The van der Waals surface area contributed by atoms with Crippen molar-refractivity contribution in [1.82, 2.24) is 0 Å². The Hall–Kier alpha value is -1.81. The third-order valence-electron chi connectivity index (χ3n) is 3.04. The second-order valence-corrected chi connectivity index (χ2v) is 4.68. The molecule has 1 aromatic carbocycles. The topological polar surface area (TPSA) is 64.8 Å². The van der Waals surface area contributed by atoms with Crippen LogP contribution in [-0.2, 0) is 19.9 Å². The summed E-state index contributed by atoms with van der Waals surface area (Å²) in [6.45, 7) is 7.82. The lowest BCUT2D eigenvalue weighted by molar-refractivity contribution is -0.140. The molecule has 4 heteroatoms. The van der Waals surface area contributed by atoms with Crippen LogP contribution >= 0.6 is 0 Å². The number of hydrogen-bond acceptors (Lipinski definition) is 4. The van der Waals surface area contributed by atoms with Crippen LogP contribution in [0.15, 0.2) is 30.4 Å². The number of benzene rings is 1. The molecule has 0 aliphatic carbocycles. The van der Waals surface area contributed by atoms with Crippen LogP contribution in [0.1, 0.15) is 18.1 Å². The zero-order valence-electron chi connectivity index (χ0n) is 10.7. The minimum atomic E-state index is -0.569. The van der Waals surface area contributed by atoms with E-state index < -0.39 is 11.6 Å². The SMILES string of the molecule is C=C(C)C(=O)OCC1(c2c(C)cccc2N)CO1. The van der Waals surface area contributed by atoms with Crippen LogP contribution in [0.2, 0.25) is 0 Å². The summed E-state index contributed by atoms with van der Waals surface area (Å²) in [6.07, 6.45) is 0. The maximum atomic E-state index is 11.4. The van der Waals surface area contributed by atoms with Crippen LogP contribution in [0.3, 0.4) is 0 Å². The Morgan fingerprint density at radius 1 is 1.61 bits per heavy atom. The van der Waals surface area contributed by atoms with Crippen LogP contribution in [0.25, 0.3) is 0 Å². The highest BCUT2D eigenvalue weighted by molar-refractivity contribution is 5.87. The van der Waals surface area contributed by atoms with E-state index in [4.69, 9.17) is 15.2 Å². The van der Waals surface area contributed by atoms with E-state index in [1.165, 1.54) is 0 Å². The molecule has 2 N–H and O–H groups in total. The second kappa shape index (κ2) is 4.46. The maximum absolute atomic E-state index is 11.4.